The molecule has 1 atom stereocenters. The van der Waals surface area contributed by atoms with Crippen molar-refractivity contribution in [1.29, 1.82) is 0 Å². The van der Waals surface area contributed by atoms with Gasteiger partial charge in [0.1, 0.15) is 6.04 Å². The van der Waals surface area contributed by atoms with Crippen LogP contribution in [0, 0.1) is 0 Å². The van der Waals surface area contributed by atoms with Crippen LogP contribution in [-0.4, -0.2) is 55.6 Å². The van der Waals surface area contributed by atoms with E-state index in [1.807, 2.05) is 18.2 Å². The van der Waals surface area contributed by atoms with Crippen LogP contribution in [0.5, 0.6) is 0 Å². The van der Waals surface area contributed by atoms with E-state index in [-0.39, 0.29) is 17.9 Å². The van der Waals surface area contributed by atoms with Gasteiger partial charge in [-0.25, -0.2) is 0 Å². The zero-order valence-corrected chi connectivity index (χ0v) is 20.2. The van der Waals surface area contributed by atoms with E-state index >= 15 is 0 Å². The average molecular weight is 464 g/mol. The predicted molar refractivity (Wildman–Crippen MR) is 136 cm³/mol. The van der Waals surface area contributed by atoms with Crippen LogP contribution < -0.4 is 10.2 Å². The van der Waals surface area contributed by atoms with E-state index in [0.29, 0.717) is 12.5 Å². The maximum Gasteiger partial charge on any atom is 0.323 e. The highest BCUT2D eigenvalue weighted by molar-refractivity contribution is 5.90. The molecule has 2 saturated heterocycles. The number of unbranched alkanes of at least 4 members (excludes halogenated alkanes) is 1. The van der Waals surface area contributed by atoms with Crippen LogP contribution in [0.4, 0.5) is 11.4 Å². The van der Waals surface area contributed by atoms with E-state index < -0.39 is 0 Å². The van der Waals surface area contributed by atoms with Gasteiger partial charge in [0.15, 0.2) is 0 Å². The van der Waals surface area contributed by atoms with E-state index in [1.54, 1.807) is 0 Å². The topological polar surface area (TPSA) is 61.9 Å². The molecule has 0 aliphatic carbocycles. The van der Waals surface area contributed by atoms with E-state index in [0.717, 1.165) is 70.3 Å². The minimum atomic E-state index is -0.0891. The number of aryl methyl sites for hydroxylation is 1. The number of rotatable bonds is 9. The molecule has 0 saturated carbocycles. The van der Waals surface area contributed by atoms with Crippen molar-refractivity contribution in [3.63, 3.8) is 0 Å². The fourth-order valence-corrected chi connectivity index (χ4v) is 5.31. The van der Waals surface area contributed by atoms with Gasteiger partial charge in [-0.3, -0.25) is 14.5 Å². The molecule has 2 fully saturated rings. The summed E-state index contributed by atoms with van der Waals surface area (Å²) in [5.41, 5.74) is 3.36. The monoisotopic (exact) mass is 463 g/mol. The molecule has 182 valence electrons. The summed E-state index contributed by atoms with van der Waals surface area (Å²) < 4.78 is 5.01. The van der Waals surface area contributed by atoms with Crippen LogP contribution >= 0.6 is 0 Å². The Balaban J connectivity index is 1.19. The number of likely N-dealkylation sites (tertiary alicyclic amines) is 1. The first kappa shape index (κ1) is 24.3. The lowest BCUT2D eigenvalue weighted by atomic mass is 10.0. The highest BCUT2D eigenvalue weighted by Gasteiger charge is 2.37. The van der Waals surface area contributed by atoms with Crippen molar-refractivity contribution in [3.05, 3.63) is 60.2 Å². The number of amides is 1. The molecule has 2 aromatic rings. The summed E-state index contributed by atoms with van der Waals surface area (Å²) in [7, 11) is 1.49. The molecule has 0 aromatic heterocycles. The molecule has 34 heavy (non-hydrogen) atoms. The van der Waals surface area contributed by atoms with Crippen molar-refractivity contribution in [1.82, 2.24) is 4.90 Å². The third kappa shape index (κ3) is 6.38. The summed E-state index contributed by atoms with van der Waals surface area (Å²) in [5, 5.41) is 3.03. The number of carbonyl (C=O) groups excluding carboxylic acids is 2. The Morgan fingerprint density at radius 2 is 1.68 bits per heavy atom. The average Bonchev–Trinajstić information content (AvgIpc) is 3.37. The molecular formula is C28H37N3O3. The number of anilines is 2. The molecule has 0 spiro atoms. The van der Waals surface area contributed by atoms with Gasteiger partial charge in [0.05, 0.1) is 7.11 Å². The SMILES string of the molecule is COC(=O)[C@@H]1CCCN1C1CCN(c2ccc(NC(=O)CCCCc3ccccc3)cc2)CC1. The molecule has 6 nitrogen and oxygen atoms in total. The second kappa shape index (κ2) is 12.0. The highest BCUT2D eigenvalue weighted by atomic mass is 16.5. The summed E-state index contributed by atoms with van der Waals surface area (Å²) in [6.07, 6.45) is 7.55. The Labute approximate surface area is 203 Å². The molecule has 1 N–H and O–H groups in total. The van der Waals surface area contributed by atoms with Gasteiger partial charge in [-0.15, -0.1) is 0 Å². The van der Waals surface area contributed by atoms with Crippen molar-refractivity contribution >= 4 is 23.3 Å². The second-order valence-electron chi connectivity index (χ2n) is 9.42. The number of piperidine rings is 1. The van der Waals surface area contributed by atoms with Crippen LogP contribution in [0.25, 0.3) is 0 Å². The molecule has 2 aliphatic rings. The number of methoxy groups -OCH3 is 1. The summed E-state index contributed by atoms with van der Waals surface area (Å²) >= 11 is 0. The minimum Gasteiger partial charge on any atom is -0.468 e. The Hall–Kier alpha value is -2.86. The first-order valence-corrected chi connectivity index (χ1v) is 12.7. The Kier molecular flexibility index (Phi) is 8.58. The van der Waals surface area contributed by atoms with Gasteiger partial charge in [-0.1, -0.05) is 30.3 Å². The molecule has 2 aromatic carbocycles. The molecule has 0 unspecified atom stereocenters. The van der Waals surface area contributed by atoms with Crippen LogP contribution in [0.15, 0.2) is 54.6 Å². The van der Waals surface area contributed by atoms with Crippen molar-refractivity contribution in [3.8, 4) is 0 Å². The van der Waals surface area contributed by atoms with Gasteiger partial charge >= 0.3 is 5.97 Å². The fraction of sp³-hybridized carbons (Fsp3) is 0.500. The molecule has 4 rings (SSSR count). The van der Waals surface area contributed by atoms with E-state index in [1.165, 1.54) is 18.4 Å². The molecule has 1 amide bonds. The van der Waals surface area contributed by atoms with Crippen molar-refractivity contribution in [2.45, 2.75) is 63.5 Å². The number of hydrogen-bond donors (Lipinski definition) is 1. The van der Waals surface area contributed by atoms with Crippen molar-refractivity contribution in [2.24, 2.45) is 0 Å². The lowest BCUT2D eigenvalue weighted by Gasteiger charge is -2.39. The summed E-state index contributed by atoms with van der Waals surface area (Å²) in [6.45, 7) is 2.94. The second-order valence-corrected chi connectivity index (χ2v) is 9.42. The van der Waals surface area contributed by atoms with Gasteiger partial charge in [-0.2, -0.15) is 0 Å². The third-order valence-corrected chi connectivity index (χ3v) is 7.18. The maximum atomic E-state index is 12.3. The van der Waals surface area contributed by atoms with Crippen LogP contribution in [0.2, 0.25) is 0 Å². The Morgan fingerprint density at radius 1 is 0.941 bits per heavy atom. The van der Waals surface area contributed by atoms with E-state index in [9.17, 15) is 9.59 Å². The first-order valence-electron chi connectivity index (χ1n) is 12.7. The molecular weight excluding hydrogens is 426 g/mol. The summed E-state index contributed by atoms with van der Waals surface area (Å²) in [4.78, 5) is 29.2. The highest BCUT2D eigenvalue weighted by Crippen LogP contribution is 2.29. The lowest BCUT2D eigenvalue weighted by Crippen LogP contribution is -2.49. The summed E-state index contributed by atoms with van der Waals surface area (Å²) in [5.74, 6) is -0.0128. The van der Waals surface area contributed by atoms with E-state index in [2.05, 4.69) is 51.5 Å². The fourth-order valence-electron chi connectivity index (χ4n) is 5.31. The van der Waals surface area contributed by atoms with Gasteiger partial charge in [0.2, 0.25) is 5.91 Å². The number of esters is 1. The first-order chi connectivity index (χ1) is 16.6. The Morgan fingerprint density at radius 3 is 2.38 bits per heavy atom. The largest absolute Gasteiger partial charge is 0.468 e. The molecule has 2 aliphatic heterocycles. The predicted octanol–water partition coefficient (Wildman–Crippen LogP) is 4.64. The van der Waals surface area contributed by atoms with Gasteiger partial charge in [0.25, 0.3) is 0 Å². The number of hydrogen-bond acceptors (Lipinski definition) is 5. The zero-order valence-electron chi connectivity index (χ0n) is 20.2. The Bertz CT molecular complexity index is 924. The zero-order chi connectivity index (χ0) is 23.8. The smallest absolute Gasteiger partial charge is 0.323 e. The number of nitrogens with one attached hydrogen (secondary N) is 1. The van der Waals surface area contributed by atoms with Crippen molar-refractivity contribution < 1.29 is 14.3 Å². The molecule has 2 heterocycles. The number of nitrogens with zero attached hydrogens (tertiary/aromatic N) is 2. The normalized spacial score (nSPS) is 19.2. The number of benzene rings is 2. The molecule has 0 radical (unpaired) electrons. The van der Waals surface area contributed by atoms with Crippen LogP contribution in [0.3, 0.4) is 0 Å². The molecule has 0 bridgehead atoms. The van der Waals surface area contributed by atoms with Crippen molar-refractivity contribution in [2.75, 3.05) is 37.0 Å². The maximum absolute atomic E-state index is 12.3. The number of carbonyl (C=O) groups is 2. The summed E-state index contributed by atoms with van der Waals surface area (Å²) in [6, 6.07) is 19.0. The standard InChI is InChI=1S/C28H37N3O3/c1-34-28(33)26-11-7-19-31(26)25-17-20-30(21-18-25)24-15-13-23(14-16-24)29-27(32)12-6-5-10-22-8-3-2-4-9-22/h2-4,8-9,13-16,25-26H,5-7,10-12,17-21H2,1H3,(H,29,32)/t26-/m0/s1. The third-order valence-electron chi connectivity index (χ3n) is 7.18. The quantitative estimate of drug-likeness (QED) is 0.433. The minimum absolute atomic E-state index is 0.0669. The van der Waals surface area contributed by atoms with E-state index in [4.69, 9.17) is 4.74 Å². The van der Waals surface area contributed by atoms with Crippen LogP contribution in [-0.2, 0) is 20.7 Å². The lowest BCUT2D eigenvalue weighted by molar-refractivity contribution is -0.146. The molecule has 6 heteroatoms. The van der Waals surface area contributed by atoms with Gasteiger partial charge in [0, 0.05) is 36.9 Å². The number of ether oxygens (including phenoxy) is 1. The van der Waals surface area contributed by atoms with Gasteiger partial charge < -0.3 is 15.0 Å². The van der Waals surface area contributed by atoms with Gasteiger partial charge in [-0.05, 0) is 81.3 Å². The van der Waals surface area contributed by atoms with Crippen LogP contribution in [0.1, 0.15) is 50.5 Å².